The van der Waals surface area contributed by atoms with E-state index in [1.54, 1.807) is 44.6 Å². The van der Waals surface area contributed by atoms with Crippen molar-refractivity contribution in [3.8, 4) is 11.5 Å². The molecule has 1 heterocycles. The van der Waals surface area contributed by atoms with Crippen LogP contribution in [0.4, 0.5) is 0 Å². The molecule has 0 aromatic heterocycles. The molecule has 9 heteroatoms. The van der Waals surface area contributed by atoms with Crippen molar-refractivity contribution in [2.75, 3.05) is 20.8 Å². The molecule has 1 fully saturated rings. The Kier molecular flexibility index (Phi) is 7.69. The number of thioether (sulfide) groups is 1. The van der Waals surface area contributed by atoms with Gasteiger partial charge in [-0.15, -0.1) is 11.8 Å². The maximum absolute atomic E-state index is 13.7. The van der Waals surface area contributed by atoms with E-state index in [4.69, 9.17) is 9.47 Å². The molecule has 0 radical (unpaired) electrons. The van der Waals surface area contributed by atoms with Crippen molar-refractivity contribution in [1.82, 2.24) is 4.31 Å². The van der Waals surface area contributed by atoms with Crippen molar-refractivity contribution < 1.29 is 27.8 Å². The molecule has 3 aromatic rings. The number of hydrogen-bond donors (Lipinski definition) is 1. The zero-order valence-electron chi connectivity index (χ0n) is 19.4. The zero-order valence-corrected chi connectivity index (χ0v) is 21.0. The summed E-state index contributed by atoms with van der Waals surface area (Å²) in [6.45, 7) is -0.128. The van der Waals surface area contributed by atoms with Gasteiger partial charge in [0, 0.05) is 16.7 Å². The second-order valence-electron chi connectivity index (χ2n) is 8.19. The minimum Gasteiger partial charge on any atom is -0.497 e. The van der Waals surface area contributed by atoms with Crippen molar-refractivity contribution in [3.63, 3.8) is 0 Å². The first kappa shape index (κ1) is 25.1. The normalized spacial score (nSPS) is 20.8. The minimum atomic E-state index is -3.93. The number of carbonyl (C=O) groups is 1. The number of carboxylic acids is 1. The van der Waals surface area contributed by atoms with Crippen LogP contribution in [0, 0.1) is 5.92 Å². The predicted molar refractivity (Wildman–Crippen MR) is 134 cm³/mol. The van der Waals surface area contributed by atoms with E-state index in [1.165, 1.54) is 28.2 Å². The standard InChI is InChI=1S/C26H27NO6S2/c1-32-19-10-8-18(9-11-19)24-16-25(34-21-14-12-20(33-2)13-15-21)23(26(28)29)17-27(24)35(30,31)22-6-4-3-5-7-22/h3-15,23-25H,16-17H2,1-2H3,(H,28,29)/t23-,24+,25-/m1/s1. The number of rotatable bonds is 8. The Morgan fingerprint density at radius 3 is 2.03 bits per heavy atom. The highest BCUT2D eigenvalue weighted by atomic mass is 32.2. The summed E-state index contributed by atoms with van der Waals surface area (Å²) >= 11 is 1.45. The van der Waals surface area contributed by atoms with Gasteiger partial charge in [0.2, 0.25) is 10.0 Å². The second-order valence-corrected chi connectivity index (χ2v) is 11.4. The highest BCUT2D eigenvalue weighted by Gasteiger charge is 2.45. The molecule has 0 saturated carbocycles. The molecular formula is C26H27NO6S2. The summed E-state index contributed by atoms with van der Waals surface area (Å²) in [5, 5.41) is 9.74. The van der Waals surface area contributed by atoms with E-state index >= 15 is 0 Å². The summed E-state index contributed by atoms with van der Waals surface area (Å²) < 4.78 is 39.2. The van der Waals surface area contributed by atoms with Crippen LogP contribution in [0.25, 0.3) is 0 Å². The van der Waals surface area contributed by atoms with E-state index in [0.29, 0.717) is 17.9 Å². The van der Waals surface area contributed by atoms with Gasteiger partial charge < -0.3 is 14.6 Å². The van der Waals surface area contributed by atoms with Crippen molar-refractivity contribution in [2.24, 2.45) is 5.92 Å². The number of hydrogen-bond acceptors (Lipinski definition) is 6. The quantitative estimate of drug-likeness (QED) is 0.467. The van der Waals surface area contributed by atoms with E-state index in [2.05, 4.69) is 0 Å². The lowest BCUT2D eigenvalue weighted by Crippen LogP contribution is -2.49. The van der Waals surface area contributed by atoms with Crippen LogP contribution in [0.15, 0.2) is 88.7 Å². The Balaban J connectivity index is 1.73. The van der Waals surface area contributed by atoms with Crippen LogP contribution in [0.2, 0.25) is 0 Å². The Bertz CT molecular complexity index is 1250. The molecule has 7 nitrogen and oxygen atoms in total. The summed E-state index contributed by atoms with van der Waals surface area (Å²) in [5.41, 5.74) is 0.787. The Morgan fingerprint density at radius 1 is 0.914 bits per heavy atom. The number of benzene rings is 3. The Labute approximate surface area is 209 Å². The minimum absolute atomic E-state index is 0.128. The van der Waals surface area contributed by atoms with Crippen LogP contribution in [0.3, 0.4) is 0 Å². The number of carboxylic acid groups (broad SMARTS) is 1. The first-order valence-electron chi connectivity index (χ1n) is 11.1. The molecule has 1 saturated heterocycles. The fourth-order valence-electron chi connectivity index (χ4n) is 4.26. The van der Waals surface area contributed by atoms with Gasteiger partial charge in [-0.3, -0.25) is 4.79 Å². The van der Waals surface area contributed by atoms with E-state index in [9.17, 15) is 18.3 Å². The molecule has 35 heavy (non-hydrogen) atoms. The Hall–Kier alpha value is -3.01. The van der Waals surface area contributed by atoms with Gasteiger partial charge in [-0.05, 0) is 60.5 Å². The van der Waals surface area contributed by atoms with Crippen LogP contribution in [-0.4, -0.2) is 49.8 Å². The maximum Gasteiger partial charge on any atom is 0.308 e. The summed E-state index contributed by atoms with van der Waals surface area (Å²) in [4.78, 5) is 13.4. The highest BCUT2D eigenvalue weighted by molar-refractivity contribution is 8.00. The van der Waals surface area contributed by atoms with Gasteiger partial charge in [0.15, 0.2) is 0 Å². The number of methoxy groups -OCH3 is 2. The van der Waals surface area contributed by atoms with E-state index in [1.807, 2.05) is 36.4 Å². The van der Waals surface area contributed by atoms with Crippen molar-refractivity contribution in [1.29, 1.82) is 0 Å². The molecule has 1 N–H and O–H groups in total. The van der Waals surface area contributed by atoms with Gasteiger partial charge >= 0.3 is 5.97 Å². The summed E-state index contributed by atoms with van der Waals surface area (Å²) in [7, 11) is -0.775. The molecule has 184 valence electrons. The fraction of sp³-hybridized carbons (Fsp3) is 0.269. The number of piperidine rings is 1. The van der Waals surface area contributed by atoms with E-state index in [-0.39, 0.29) is 16.7 Å². The summed E-state index contributed by atoms with van der Waals surface area (Å²) in [6, 6.07) is 22.3. The van der Waals surface area contributed by atoms with Gasteiger partial charge in [0.1, 0.15) is 11.5 Å². The van der Waals surface area contributed by atoms with Crippen LogP contribution in [0.1, 0.15) is 18.0 Å². The van der Waals surface area contributed by atoms with Crippen molar-refractivity contribution in [3.05, 3.63) is 84.4 Å². The average Bonchev–Trinajstić information content (AvgIpc) is 2.89. The number of aliphatic carboxylic acids is 1. The zero-order chi connectivity index (χ0) is 25.0. The van der Waals surface area contributed by atoms with Crippen LogP contribution >= 0.6 is 11.8 Å². The first-order chi connectivity index (χ1) is 16.8. The smallest absolute Gasteiger partial charge is 0.308 e. The molecule has 0 amide bonds. The monoisotopic (exact) mass is 513 g/mol. The SMILES string of the molecule is COc1ccc(S[C@@H]2C[C@@H](c3ccc(OC)cc3)N(S(=O)(=O)c3ccccc3)C[C@H]2C(=O)O)cc1. The molecule has 4 rings (SSSR count). The molecule has 0 bridgehead atoms. The highest BCUT2D eigenvalue weighted by Crippen LogP contribution is 2.44. The maximum atomic E-state index is 13.7. The van der Waals surface area contributed by atoms with Gasteiger partial charge in [-0.1, -0.05) is 30.3 Å². The third-order valence-electron chi connectivity index (χ3n) is 6.14. The molecule has 0 aliphatic carbocycles. The first-order valence-corrected chi connectivity index (χ1v) is 13.4. The lowest BCUT2D eigenvalue weighted by Gasteiger charge is -2.41. The van der Waals surface area contributed by atoms with Gasteiger partial charge in [-0.2, -0.15) is 4.31 Å². The van der Waals surface area contributed by atoms with Gasteiger partial charge in [0.05, 0.1) is 31.1 Å². The summed E-state index contributed by atoms with van der Waals surface area (Å²) in [6.07, 6.45) is 0.339. The third kappa shape index (κ3) is 5.47. The largest absolute Gasteiger partial charge is 0.497 e. The van der Waals surface area contributed by atoms with E-state index in [0.717, 1.165) is 10.5 Å². The lowest BCUT2D eigenvalue weighted by molar-refractivity contribution is -0.143. The second kappa shape index (κ2) is 10.7. The van der Waals surface area contributed by atoms with Gasteiger partial charge in [0.25, 0.3) is 0 Å². The van der Waals surface area contributed by atoms with Crippen LogP contribution in [0.5, 0.6) is 11.5 Å². The molecule has 0 spiro atoms. The molecule has 0 unspecified atom stereocenters. The average molecular weight is 514 g/mol. The Morgan fingerprint density at radius 2 is 1.49 bits per heavy atom. The number of ether oxygens (including phenoxy) is 2. The molecular weight excluding hydrogens is 486 g/mol. The number of sulfonamides is 1. The molecule has 3 aromatic carbocycles. The van der Waals surface area contributed by atoms with Crippen LogP contribution in [-0.2, 0) is 14.8 Å². The van der Waals surface area contributed by atoms with E-state index < -0.39 is 28.0 Å². The van der Waals surface area contributed by atoms with Crippen molar-refractivity contribution in [2.45, 2.75) is 27.5 Å². The molecule has 1 aliphatic heterocycles. The van der Waals surface area contributed by atoms with Gasteiger partial charge in [-0.25, -0.2) is 8.42 Å². The lowest BCUT2D eigenvalue weighted by atomic mass is 9.90. The molecule has 3 atom stereocenters. The summed E-state index contributed by atoms with van der Waals surface area (Å²) in [5.74, 6) is -0.522. The molecule has 1 aliphatic rings. The van der Waals surface area contributed by atoms with Crippen LogP contribution < -0.4 is 9.47 Å². The van der Waals surface area contributed by atoms with Crippen molar-refractivity contribution >= 4 is 27.8 Å². The topological polar surface area (TPSA) is 93.1 Å². The predicted octanol–water partition coefficient (Wildman–Crippen LogP) is 4.70. The fourth-order valence-corrected chi connectivity index (χ4v) is 7.22. The third-order valence-corrected chi connectivity index (χ3v) is 9.40. The number of nitrogens with zero attached hydrogens (tertiary/aromatic N) is 1.